The third-order valence-corrected chi connectivity index (χ3v) is 1.49. The maximum atomic E-state index is 10.4. The molecule has 0 spiro atoms. The van der Waals surface area contributed by atoms with Crippen molar-refractivity contribution < 1.29 is 4.92 Å². The van der Waals surface area contributed by atoms with Crippen LogP contribution in [0, 0.1) is 10.1 Å². The van der Waals surface area contributed by atoms with Crippen LogP contribution in [-0.4, -0.2) is 10.8 Å². The summed E-state index contributed by atoms with van der Waals surface area (Å²) in [7, 11) is 0. The van der Waals surface area contributed by atoms with Gasteiger partial charge in [0.2, 0.25) is 0 Å². The molecule has 0 aromatic rings. The molecule has 13 heavy (non-hydrogen) atoms. The number of hydrogen-bond acceptors (Lipinski definition) is 4. The highest BCUT2D eigenvalue weighted by atomic mass is 16.6. The second kappa shape index (κ2) is 3.66. The average molecular weight is 179 g/mol. The van der Waals surface area contributed by atoms with Crippen molar-refractivity contribution in [3.8, 4) is 0 Å². The molecule has 1 rings (SSSR count). The minimum atomic E-state index is -0.504. The molecule has 0 aliphatic carbocycles. The van der Waals surface area contributed by atoms with Crippen molar-refractivity contribution in [1.82, 2.24) is 5.32 Å². The molecule has 0 bridgehead atoms. The predicted octanol–water partition coefficient (Wildman–Crippen LogP) is 1.20. The molecule has 0 aromatic carbocycles. The molecule has 68 valence electrons. The van der Waals surface area contributed by atoms with Crippen LogP contribution in [0.25, 0.3) is 0 Å². The van der Waals surface area contributed by atoms with Crippen LogP contribution in [0.1, 0.15) is 6.92 Å². The number of aliphatic imine (C=N–C) groups is 1. The molecule has 0 aromatic heterocycles. The Labute approximate surface area is 75.3 Å². The summed E-state index contributed by atoms with van der Waals surface area (Å²) >= 11 is 0. The van der Waals surface area contributed by atoms with Crippen molar-refractivity contribution in [2.75, 3.05) is 0 Å². The van der Waals surface area contributed by atoms with E-state index in [0.29, 0.717) is 11.4 Å². The van der Waals surface area contributed by atoms with Gasteiger partial charge in [0.15, 0.2) is 0 Å². The van der Waals surface area contributed by atoms with Crippen LogP contribution in [-0.2, 0) is 0 Å². The molecule has 0 saturated heterocycles. The smallest absolute Gasteiger partial charge is 0.297 e. The molecule has 0 saturated carbocycles. The van der Waals surface area contributed by atoms with Gasteiger partial charge >= 0.3 is 0 Å². The summed E-state index contributed by atoms with van der Waals surface area (Å²) in [4.78, 5) is 13.7. The van der Waals surface area contributed by atoms with Crippen LogP contribution in [0.2, 0.25) is 0 Å². The highest BCUT2D eigenvalue weighted by Gasteiger charge is 2.24. The van der Waals surface area contributed by atoms with E-state index in [4.69, 9.17) is 0 Å². The molecular weight excluding hydrogens is 170 g/mol. The van der Waals surface area contributed by atoms with E-state index >= 15 is 0 Å². The lowest BCUT2D eigenvalue weighted by atomic mass is 10.2. The van der Waals surface area contributed by atoms with Gasteiger partial charge < -0.3 is 5.32 Å². The summed E-state index contributed by atoms with van der Waals surface area (Å²) < 4.78 is 0. The summed E-state index contributed by atoms with van der Waals surface area (Å²) in [5, 5.41) is 13.2. The highest BCUT2D eigenvalue weighted by molar-refractivity contribution is 6.03. The monoisotopic (exact) mass is 179 g/mol. The number of nitrogens with zero attached hydrogens (tertiary/aromatic N) is 2. The van der Waals surface area contributed by atoms with Crippen molar-refractivity contribution in [3.63, 3.8) is 0 Å². The first-order valence-corrected chi connectivity index (χ1v) is 3.66. The van der Waals surface area contributed by atoms with E-state index in [1.165, 1.54) is 6.20 Å². The normalized spacial score (nSPS) is 15.9. The number of rotatable bonds is 2. The van der Waals surface area contributed by atoms with Gasteiger partial charge in [-0.05, 0) is 13.1 Å². The van der Waals surface area contributed by atoms with E-state index < -0.39 is 4.92 Å². The zero-order valence-electron chi connectivity index (χ0n) is 7.15. The number of hydrogen-bond donors (Lipinski definition) is 1. The molecule has 0 radical (unpaired) electrons. The van der Waals surface area contributed by atoms with Crippen LogP contribution in [0.3, 0.4) is 0 Å². The van der Waals surface area contributed by atoms with E-state index in [1.807, 2.05) is 6.92 Å². The summed E-state index contributed by atoms with van der Waals surface area (Å²) in [5.41, 5.74) is 0.245. The Morgan fingerprint density at radius 3 is 2.92 bits per heavy atom. The maximum absolute atomic E-state index is 10.4. The molecule has 0 fully saturated rings. The van der Waals surface area contributed by atoms with Gasteiger partial charge in [-0.1, -0.05) is 12.7 Å². The van der Waals surface area contributed by atoms with Crippen LogP contribution < -0.4 is 5.32 Å². The number of nitro groups is 1. The van der Waals surface area contributed by atoms with Crippen molar-refractivity contribution in [2.45, 2.75) is 6.92 Å². The quantitative estimate of drug-likeness (QED) is 0.511. The summed E-state index contributed by atoms with van der Waals surface area (Å²) in [6.45, 7) is 5.38. The highest BCUT2D eigenvalue weighted by Crippen LogP contribution is 2.15. The van der Waals surface area contributed by atoms with Gasteiger partial charge in [0.05, 0.1) is 10.5 Å². The van der Waals surface area contributed by atoms with Gasteiger partial charge in [-0.3, -0.25) is 10.1 Å². The first kappa shape index (κ1) is 9.18. The third-order valence-electron chi connectivity index (χ3n) is 1.49. The Morgan fingerprint density at radius 2 is 2.46 bits per heavy atom. The van der Waals surface area contributed by atoms with Crippen LogP contribution in [0.5, 0.6) is 0 Å². The SMILES string of the molecule is C=C1C([N+](=O)[O-])=CN=C1N/C=C\C. The Bertz CT molecular complexity index is 339. The first-order chi connectivity index (χ1) is 6.16. The number of nitrogens with one attached hydrogen (secondary N) is 1. The molecule has 1 N–H and O–H groups in total. The van der Waals surface area contributed by atoms with Gasteiger partial charge in [-0.15, -0.1) is 0 Å². The van der Waals surface area contributed by atoms with E-state index in [2.05, 4.69) is 16.9 Å². The second-order valence-corrected chi connectivity index (χ2v) is 2.37. The number of allylic oxidation sites excluding steroid dienone is 1. The fourth-order valence-corrected chi connectivity index (χ4v) is 0.847. The van der Waals surface area contributed by atoms with Crippen LogP contribution in [0.15, 0.2) is 41.3 Å². The molecule has 0 atom stereocenters. The summed E-state index contributed by atoms with van der Waals surface area (Å²) in [5.74, 6) is 0.421. The largest absolute Gasteiger partial charge is 0.346 e. The van der Waals surface area contributed by atoms with E-state index in [9.17, 15) is 10.1 Å². The van der Waals surface area contributed by atoms with Gasteiger partial charge in [0.1, 0.15) is 12.0 Å². The Balaban J connectivity index is 2.70. The van der Waals surface area contributed by atoms with E-state index in [0.717, 1.165) is 0 Å². The molecule has 0 unspecified atom stereocenters. The fraction of sp³-hybridized carbons (Fsp3) is 0.125. The molecule has 0 amide bonds. The molecule has 1 heterocycles. The second-order valence-electron chi connectivity index (χ2n) is 2.37. The van der Waals surface area contributed by atoms with Gasteiger partial charge in [0.25, 0.3) is 5.70 Å². The predicted molar refractivity (Wildman–Crippen MR) is 49.6 cm³/mol. The fourth-order valence-electron chi connectivity index (χ4n) is 0.847. The standard InChI is InChI=1S/C8H9N3O2/c1-3-4-9-8-6(2)7(5-10-8)11(12)13/h3-5H,2H2,1H3,(H,9,10)/b4-3-. The zero-order chi connectivity index (χ0) is 9.84. The minimum absolute atomic E-state index is 0.0630. The van der Waals surface area contributed by atoms with Crippen LogP contribution in [0.4, 0.5) is 0 Å². The summed E-state index contributed by atoms with van der Waals surface area (Å²) in [6.07, 6.45) is 4.59. The number of amidine groups is 1. The van der Waals surface area contributed by atoms with Gasteiger partial charge in [0, 0.05) is 0 Å². The lowest BCUT2D eigenvalue weighted by Crippen LogP contribution is -2.18. The first-order valence-electron chi connectivity index (χ1n) is 3.66. The topological polar surface area (TPSA) is 67.5 Å². The zero-order valence-corrected chi connectivity index (χ0v) is 7.15. The minimum Gasteiger partial charge on any atom is -0.346 e. The molecular formula is C8H9N3O2. The van der Waals surface area contributed by atoms with Crippen molar-refractivity contribution >= 4 is 5.84 Å². The average Bonchev–Trinajstić information content (AvgIpc) is 2.43. The van der Waals surface area contributed by atoms with Crippen molar-refractivity contribution in [3.05, 3.63) is 46.4 Å². The summed E-state index contributed by atoms with van der Waals surface area (Å²) in [6, 6.07) is 0. The van der Waals surface area contributed by atoms with Gasteiger partial charge in [-0.2, -0.15) is 0 Å². The van der Waals surface area contributed by atoms with Gasteiger partial charge in [-0.25, -0.2) is 4.99 Å². The lowest BCUT2D eigenvalue weighted by molar-refractivity contribution is -0.419. The van der Waals surface area contributed by atoms with Crippen molar-refractivity contribution in [1.29, 1.82) is 0 Å². The molecule has 5 nitrogen and oxygen atoms in total. The van der Waals surface area contributed by atoms with E-state index in [-0.39, 0.29) is 5.70 Å². The lowest BCUT2D eigenvalue weighted by Gasteiger charge is -1.99. The van der Waals surface area contributed by atoms with E-state index in [1.54, 1.807) is 12.3 Å². The molecule has 1 aliphatic rings. The molecule has 1 aliphatic heterocycles. The third kappa shape index (κ3) is 1.81. The molecule has 5 heteroatoms. The Hall–Kier alpha value is -1.91. The Morgan fingerprint density at radius 1 is 1.77 bits per heavy atom. The van der Waals surface area contributed by atoms with Crippen molar-refractivity contribution in [2.24, 2.45) is 4.99 Å². The Kier molecular flexibility index (Phi) is 2.59. The maximum Gasteiger partial charge on any atom is 0.297 e. The van der Waals surface area contributed by atoms with Crippen LogP contribution >= 0.6 is 0 Å².